The average molecular weight is 733 g/mol. The van der Waals surface area contributed by atoms with Crippen LogP contribution in [0, 0.1) is 5.16 Å². The van der Waals surface area contributed by atoms with Crippen LogP contribution in [0.5, 0.6) is 11.5 Å². The quantitative estimate of drug-likeness (QED) is 0.0625. The van der Waals surface area contributed by atoms with E-state index in [1.807, 2.05) is 12.1 Å². The number of carbonyl (C=O) groups excluding carboxylic acids is 1. The molecule has 0 saturated carbocycles. The fourth-order valence-corrected chi connectivity index (χ4v) is 7.37. The predicted molar refractivity (Wildman–Crippen MR) is 177 cm³/mol. The van der Waals surface area contributed by atoms with E-state index in [0.717, 1.165) is 16.0 Å². The summed E-state index contributed by atoms with van der Waals surface area (Å²) in [5, 5.41) is 13.9. The summed E-state index contributed by atoms with van der Waals surface area (Å²) < 4.78 is 11.4. The van der Waals surface area contributed by atoms with Crippen molar-refractivity contribution in [3.05, 3.63) is 59.7 Å². The summed E-state index contributed by atoms with van der Waals surface area (Å²) in [6, 6.07) is 14.2. The van der Waals surface area contributed by atoms with Crippen molar-refractivity contribution in [1.29, 1.82) is 5.16 Å². The van der Waals surface area contributed by atoms with Crippen molar-refractivity contribution < 1.29 is 43.5 Å². The Hall–Kier alpha value is -1.49. The molecular weight excluding hydrogens is 700 g/mol. The van der Waals surface area contributed by atoms with Crippen LogP contribution >= 0.6 is 47.6 Å². The number of carbonyl (C=O) groups is 1. The SMILES string of the molecule is CN(N=Cc1ccc(O/N=P\N=P\P=N)cc1)[PH](=S)Oc1ccc(CCNC(=O)CN(C[PH](O)(O)O)C[PH](O)(O)O)cc1. The number of rotatable bonds is 18. The molecule has 23 heteroatoms. The van der Waals surface area contributed by atoms with Gasteiger partial charge in [0.1, 0.15) is 0 Å². The van der Waals surface area contributed by atoms with Gasteiger partial charge in [0.2, 0.25) is 15.6 Å². The first-order valence-corrected chi connectivity index (χ1v) is 21.9. The van der Waals surface area contributed by atoms with E-state index >= 15 is 0 Å². The van der Waals surface area contributed by atoms with E-state index in [-0.39, 0.29) is 6.54 Å². The van der Waals surface area contributed by atoms with Gasteiger partial charge in [-0.2, -0.15) is 9.62 Å². The molecule has 43 heavy (non-hydrogen) atoms. The fraction of sp³-hybridized carbons (Fsp3) is 0.300. The number of nitrogens with one attached hydrogen (secondary N) is 2. The van der Waals surface area contributed by atoms with Gasteiger partial charge in [0, 0.05) is 7.05 Å². The predicted octanol–water partition coefficient (Wildman–Crippen LogP) is 3.45. The van der Waals surface area contributed by atoms with Gasteiger partial charge in [-0.15, -0.1) is 0 Å². The molecule has 0 aliphatic heterocycles. The van der Waals surface area contributed by atoms with Crippen LogP contribution in [0.4, 0.5) is 0 Å². The standard InChI is InChI=1S/C20H33N7O9P6S/c1-26(23-12-17-4-6-18(7-5-17)35-24-38-25-39-37-21)40(43)36-19-8-2-16(3-9-19)10-11-22-20(28)13-27(14-41(29,30)31)15-42(32,33)34/h2-9,12,21,29-34,40-42H,10-11,13-15H2,1H3,(H,22,28). The third-order valence-corrected chi connectivity index (χ3v) is 10.6. The Morgan fingerprint density at radius 1 is 1.05 bits per heavy atom. The van der Waals surface area contributed by atoms with Gasteiger partial charge in [-0.1, -0.05) is 0 Å². The number of hydrazone groups is 1. The summed E-state index contributed by atoms with van der Waals surface area (Å²) in [5.41, 5.74) is 1.70. The molecule has 2 aromatic carbocycles. The molecule has 0 aliphatic carbocycles. The van der Waals surface area contributed by atoms with Crippen LogP contribution in [0.15, 0.2) is 63.1 Å². The Balaban J connectivity index is 1.79. The average Bonchev–Trinajstić information content (AvgIpc) is 2.91. The van der Waals surface area contributed by atoms with Crippen LogP contribution in [0.25, 0.3) is 0 Å². The maximum absolute atomic E-state index is 12.2. The van der Waals surface area contributed by atoms with Crippen molar-refractivity contribution in [2.45, 2.75) is 6.42 Å². The summed E-state index contributed by atoms with van der Waals surface area (Å²) >= 11 is 5.48. The number of hydrogen-bond acceptors (Lipinski definition) is 14. The first-order valence-electron chi connectivity index (χ1n) is 12.1. The van der Waals surface area contributed by atoms with Gasteiger partial charge in [-0.3, -0.25) is 5.16 Å². The zero-order valence-electron chi connectivity index (χ0n) is 22.6. The summed E-state index contributed by atoms with van der Waals surface area (Å²) in [5.74, 6) is 0.533. The first kappa shape index (κ1) is 37.7. The number of nitrogens with zero attached hydrogens (tertiary/aromatic N) is 5. The molecule has 238 valence electrons. The minimum absolute atomic E-state index is 0.226. The molecule has 1 unspecified atom stereocenters. The van der Waals surface area contributed by atoms with Crippen LogP contribution in [-0.2, 0) is 23.0 Å². The molecule has 0 aliphatic rings. The van der Waals surface area contributed by atoms with E-state index in [4.69, 9.17) is 26.3 Å². The van der Waals surface area contributed by atoms with Gasteiger partial charge in [-0.05, 0) is 46.5 Å². The van der Waals surface area contributed by atoms with Gasteiger partial charge < -0.3 is 4.84 Å². The third-order valence-electron chi connectivity index (χ3n) is 4.93. The van der Waals surface area contributed by atoms with Crippen LogP contribution in [0.1, 0.15) is 11.1 Å². The molecule has 8 N–H and O–H groups in total. The van der Waals surface area contributed by atoms with Crippen LogP contribution in [-0.4, -0.2) is 83.9 Å². The van der Waals surface area contributed by atoms with E-state index in [0.29, 0.717) is 42.6 Å². The zero-order chi connectivity index (χ0) is 31.9. The molecular formula is C20H33N7O9P6S. The van der Waals surface area contributed by atoms with Crippen molar-refractivity contribution in [3.63, 3.8) is 0 Å². The minimum atomic E-state index is -4.63. The summed E-state index contributed by atoms with van der Waals surface area (Å²) in [7, 11) is -8.04. The second-order valence-electron chi connectivity index (χ2n) is 8.68. The van der Waals surface area contributed by atoms with Crippen molar-refractivity contribution in [2.75, 3.05) is 32.7 Å². The van der Waals surface area contributed by atoms with Gasteiger partial charge in [0.15, 0.2) is 5.75 Å². The van der Waals surface area contributed by atoms with Crippen molar-refractivity contribution in [1.82, 2.24) is 15.0 Å². The molecule has 0 heterocycles. The summed E-state index contributed by atoms with van der Waals surface area (Å²) in [6.07, 6.45) is 0.563. The van der Waals surface area contributed by atoms with E-state index < -0.39 is 48.0 Å². The molecule has 0 aromatic heterocycles. The molecule has 0 fully saturated rings. The van der Waals surface area contributed by atoms with Crippen LogP contribution in [0.3, 0.4) is 0 Å². The molecule has 1 amide bonds. The van der Waals surface area contributed by atoms with Crippen LogP contribution < -0.4 is 14.7 Å². The van der Waals surface area contributed by atoms with Crippen LogP contribution in [0.2, 0.25) is 0 Å². The zero-order valence-corrected chi connectivity index (χ0v) is 29.1. The number of amides is 1. The van der Waals surface area contributed by atoms with Gasteiger partial charge in [0.05, 0.1) is 22.3 Å². The topological polar surface area (TPSA) is 236 Å². The van der Waals surface area contributed by atoms with E-state index in [1.54, 1.807) is 54.4 Å². The van der Waals surface area contributed by atoms with Crippen molar-refractivity contribution >= 4 is 71.5 Å². The summed E-state index contributed by atoms with van der Waals surface area (Å²) in [4.78, 5) is 77.7. The van der Waals surface area contributed by atoms with Gasteiger partial charge in [-0.25, -0.2) is 4.78 Å². The van der Waals surface area contributed by atoms with Crippen molar-refractivity contribution in [2.24, 2.45) is 14.5 Å². The van der Waals surface area contributed by atoms with Crippen molar-refractivity contribution in [3.8, 4) is 11.5 Å². The molecule has 16 nitrogen and oxygen atoms in total. The Bertz CT molecular complexity index is 1280. The van der Waals surface area contributed by atoms with E-state index in [2.05, 4.69) is 19.8 Å². The molecule has 0 bridgehead atoms. The molecule has 1 atom stereocenters. The normalized spacial score (nSPS) is 14.0. The molecule has 0 spiro atoms. The van der Waals surface area contributed by atoms with E-state index in [1.165, 1.54) is 0 Å². The molecule has 0 radical (unpaired) electrons. The summed E-state index contributed by atoms with van der Waals surface area (Å²) in [6.45, 7) is -0.260. The Morgan fingerprint density at radius 2 is 1.65 bits per heavy atom. The fourth-order valence-electron chi connectivity index (χ4n) is 3.20. The molecule has 2 aromatic rings. The molecule has 0 saturated heterocycles. The second kappa shape index (κ2) is 19.1. The number of hydrogen-bond donors (Lipinski definition) is 8. The first-order chi connectivity index (χ1) is 20.2. The Kier molecular flexibility index (Phi) is 16.8. The van der Waals surface area contributed by atoms with Gasteiger partial charge >= 0.3 is 138 Å². The number of benzene rings is 2. The van der Waals surface area contributed by atoms with Gasteiger partial charge in [0.25, 0.3) is 0 Å². The monoisotopic (exact) mass is 733 g/mol. The maximum atomic E-state index is 12.2. The second-order valence-corrected chi connectivity index (χ2v) is 17.4. The van der Waals surface area contributed by atoms with E-state index in [9.17, 15) is 34.2 Å². The Morgan fingerprint density at radius 3 is 2.23 bits per heavy atom. The third kappa shape index (κ3) is 17.5. The Labute approximate surface area is 259 Å². The molecule has 2 rings (SSSR count).